The quantitative estimate of drug-likeness (QED) is 0.525. The number of hydrogen-bond donors (Lipinski definition) is 1. The number of fused-ring (bicyclic) bond motifs is 2. The zero-order chi connectivity index (χ0) is 7.41. The van der Waals surface area contributed by atoms with Gasteiger partial charge < -0.3 is 5.32 Å². The van der Waals surface area contributed by atoms with Gasteiger partial charge in [-0.2, -0.15) is 0 Å². The first-order valence-electron chi connectivity index (χ1n) is 4.00. The van der Waals surface area contributed by atoms with Crippen molar-refractivity contribution in [3.63, 3.8) is 0 Å². The maximum absolute atomic E-state index is 3.56. The van der Waals surface area contributed by atoms with Crippen molar-refractivity contribution in [2.24, 2.45) is 0 Å². The van der Waals surface area contributed by atoms with E-state index in [4.69, 9.17) is 0 Å². The van der Waals surface area contributed by atoms with Crippen LogP contribution >= 0.6 is 0 Å². The highest BCUT2D eigenvalue weighted by Gasteiger charge is 2.52. The number of piperazine rings is 1. The summed E-state index contributed by atoms with van der Waals surface area (Å²) in [5.41, 5.74) is 0.873. The second-order valence-corrected chi connectivity index (χ2v) is 4.44. The molecular weight excluding hydrogens is 124 g/mol. The van der Waals surface area contributed by atoms with Crippen molar-refractivity contribution in [1.82, 2.24) is 10.2 Å². The van der Waals surface area contributed by atoms with Gasteiger partial charge in [-0.05, 0) is 27.3 Å². The molecule has 0 saturated carbocycles. The smallest absolute Gasteiger partial charge is 0.0321 e. The summed E-state index contributed by atoms with van der Waals surface area (Å²) in [7, 11) is 2.23. The van der Waals surface area contributed by atoms with Crippen LogP contribution in [0.2, 0.25) is 0 Å². The monoisotopic (exact) mass is 140 g/mol. The van der Waals surface area contributed by atoms with Gasteiger partial charge in [0.05, 0.1) is 0 Å². The van der Waals surface area contributed by atoms with Crippen molar-refractivity contribution in [2.45, 2.75) is 31.3 Å². The van der Waals surface area contributed by atoms with Crippen LogP contribution in [0.1, 0.15) is 20.3 Å². The molecule has 0 aliphatic carbocycles. The Morgan fingerprint density at radius 2 is 2.10 bits per heavy atom. The van der Waals surface area contributed by atoms with Gasteiger partial charge in [0.15, 0.2) is 0 Å². The molecule has 2 heteroatoms. The Labute approximate surface area is 62.6 Å². The Balaban J connectivity index is 2.28. The lowest BCUT2D eigenvalue weighted by molar-refractivity contribution is 0.170. The maximum Gasteiger partial charge on any atom is 0.0321 e. The van der Waals surface area contributed by atoms with E-state index >= 15 is 0 Å². The Bertz CT molecular complexity index is 169. The number of likely N-dealkylation sites (N-methyl/N-ethyl adjacent to an activating group) is 1. The number of rotatable bonds is 0. The first-order chi connectivity index (χ1) is 4.54. The van der Waals surface area contributed by atoms with E-state index in [9.17, 15) is 0 Å². The summed E-state index contributed by atoms with van der Waals surface area (Å²) in [6.07, 6.45) is 1.32. The van der Waals surface area contributed by atoms with E-state index in [1.165, 1.54) is 19.5 Å². The lowest BCUT2D eigenvalue weighted by Crippen LogP contribution is -2.52. The van der Waals surface area contributed by atoms with E-state index in [1.807, 2.05) is 0 Å². The number of hydrogen-bond acceptors (Lipinski definition) is 2. The number of nitrogens with zero attached hydrogens (tertiary/aromatic N) is 1. The molecule has 0 aromatic heterocycles. The summed E-state index contributed by atoms with van der Waals surface area (Å²) in [4.78, 5) is 2.48. The summed E-state index contributed by atoms with van der Waals surface area (Å²) in [5, 5.41) is 3.56. The Morgan fingerprint density at radius 3 is 2.30 bits per heavy atom. The average molecular weight is 140 g/mol. The van der Waals surface area contributed by atoms with Crippen molar-refractivity contribution in [2.75, 3.05) is 20.1 Å². The SMILES string of the molecule is CN1CC2(C)CC1(C)CN2. The standard InChI is InChI=1S/C8H16N2/c1-7-4-8(2,5-9-7)10(3)6-7/h9H,4-6H2,1-3H3. The molecule has 2 unspecified atom stereocenters. The van der Waals surface area contributed by atoms with Crippen molar-refractivity contribution in [3.8, 4) is 0 Å². The van der Waals surface area contributed by atoms with E-state index in [0.29, 0.717) is 11.1 Å². The molecule has 2 aliphatic heterocycles. The van der Waals surface area contributed by atoms with Gasteiger partial charge in [-0.25, -0.2) is 0 Å². The van der Waals surface area contributed by atoms with E-state index in [-0.39, 0.29) is 0 Å². The minimum atomic E-state index is 0.420. The molecule has 0 aromatic carbocycles. The third-order valence-corrected chi connectivity index (χ3v) is 3.17. The highest BCUT2D eigenvalue weighted by atomic mass is 15.3. The van der Waals surface area contributed by atoms with Gasteiger partial charge in [0.1, 0.15) is 0 Å². The van der Waals surface area contributed by atoms with Crippen LogP contribution in [0, 0.1) is 0 Å². The van der Waals surface area contributed by atoms with Crippen molar-refractivity contribution in [1.29, 1.82) is 0 Å². The fraction of sp³-hybridized carbons (Fsp3) is 1.00. The van der Waals surface area contributed by atoms with Crippen LogP contribution in [-0.4, -0.2) is 36.1 Å². The zero-order valence-electron chi connectivity index (χ0n) is 7.07. The molecule has 58 valence electrons. The second-order valence-electron chi connectivity index (χ2n) is 4.44. The first-order valence-corrected chi connectivity index (χ1v) is 4.00. The van der Waals surface area contributed by atoms with Crippen LogP contribution in [-0.2, 0) is 0 Å². The summed E-state index contributed by atoms with van der Waals surface area (Å²) in [6.45, 7) is 7.05. The molecular formula is C8H16N2. The van der Waals surface area contributed by atoms with Crippen LogP contribution in [0.15, 0.2) is 0 Å². The van der Waals surface area contributed by atoms with E-state index in [0.717, 1.165) is 0 Å². The van der Waals surface area contributed by atoms with Gasteiger partial charge in [-0.15, -0.1) is 0 Å². The Hall–Kier alpha value is -0.0800. The average Bonchev–Trinajstić information content (AvgIpc) is 2.17. The molecule has 2 bridgehead atoms. The van der Waals surface area contributed by atoms with Gasteiger partial charge in [0, 0.05) is 24.2 Å². The summed E-state index contributed by atoms with van der Waals surface area (Å²) < 4.78 is 0. The molecule has 2 nitrogen and oxygen atoms in total. The molecule has 2 saturated heterocycles. The number of likely N-dealkylation sites (tertiary alicyclic amines) is 1. The molecule has 0 spiro atoms. The van der Waals surface area contributed by atoms with Crippen LogP contribution in [0.4, 0.5) is 0 Å². The molecule has 0 radical (unpaired) electrons. The molecule has 2 heterocycles. The fourth-order valence-corrected chi connectivity index (χ4v) is 2.47. The minimum Gasteiger partial charge on any atom is -0.308 e. The lowest BCUT2D eigenvalue weighted by atomic mass is 9.97. The molecule has 2 fully saturated rings. The molecule has 0 amide bonds. The van der Waals surface area contributed by atoms with Crippen LogP contribution in [0.25, 0.3) is 0 Å². The molecule has 2 rings (SSSR count). The fourth-order valence-electron chi connectivity index (χ4n) is 2.47. The summed E-state index contributed by atoms with van der Waals surface area (Å²) >= 11 is 0. The predicted octanol–water partition coefficient (Wildman–Crippen LogP) is 0.442. The Kier molecular flexibility index (Phi) is 1.03. The van der Waals surface area contributed by atoms with Gasteiger partial charge in [-0.1, -0.05) is 0 Å². The molecule has 2 aliphatic rings. The first kappa shape index (κ1) is 6.62. The van der Waals surface area contributed by atoms with Crippen molar-refractivity contribution < 1.29 is 0 Å². The van der Waals surface area contributed by atoms with Crippen molar-refractivity contribution >= 4 is 0 Å². The third kappa shape index (κ3) is 0.663. The minimum absolute atomic E-state index is 0.420. The highest BCUT2D eigenvalue weighted by molar-refractivity contribution is 5.12. The van der Waals surface area contributed by atoms with Crippen molar-refractivity contribution in [3.05, 3.63) is 0 Å². The normalized spacial score (nSPS) is 54.3. The Morgan fingerprint density at radius 1 is 1.40 bits per heavy atom. The van der Waals surface area contributed by atoms with Gasteiger partial charge in [0.25, 0.3) is 0 Å². The lowest BCUT2D eigenvalue weighted by Gasteiger charge is -2.34. The number of nitrogens with one attached hydrogen (secondary N) is 1. The summed E-state index contributed by atoms with van der Waals surface area (Å²) in [6, 6.07) is 0. The van der Waals surface area contributed by atoms with E-state index in [2.05, 4.69) is 31.1 Å². The highest BCUT2D eigenvalue weighted by Crippen LogP contribution is 2.39. The van der Waals surface area contributed by atoms with Gasteiger partial charge in [0.2, 0.25) is 0 Å². The van der Waals surface area contributed by atoms with E-state index < -0.39 is 0 Å². The summed E-state index contributed by atoms with van der Waals surface area (Å²) in [5.74, 6) is 0. The zero-order valence-corrected chi connectivity index (χ0v) is 7.07. The van der Waals surface area contributed by atoms with Crippen LogP contribution < -0.4 is 5.32 Å². The largest absolute Gasteiger partial charge is 0.308 e. The topological polar surface area (TPSA) is 15.3 Å². The molecule has 1 N–H and O–H groups in total. The van der Waals surface area contributed by atoms with Gasteiger partial charge >= 0.3 is 0 Å². The third-order valence-electron chi connectivity index (χ3n) is 3.17. The van der Waals surface area contributed by atoms with E-state index in [1.54, 1.807) is 0 Å². The van der Waals surface area contributed by atoms with Crippen LogP contribution in [0.5, 0.6) is 0 Å². The van der Waals surface area contributed by atoms with Gasteiger partial charge in [-0.3, -0.25) is 4.90 Å². The predicted molar refractivity (Wildman–Crippen MR) is 42.1 cm³/mol. The molecule has 2 atom stereocenters. The molecule has 0 aromatic rings. The maximum atomic E-state index is 3.56. The molecule has 10 heavy (non-hydrogen) atoms. The van der Waals surface area contributed by atoms with Crippen LogP contribution in [0.3, 0.4) is 0 Å². The second kappa shape index (κ2) is 1.56.